The summed E-state index contributed by atoms with van der Waals surface area (Å²) in [5.41, 5.74) is 0. The molecule has 0 N–H and O–H groups in total. The van der Waals surface area contributed by atoms with Crippen LogP contribution >= 0.6 is 0 Å². The molecule has 0 aromatic heterocycles. The minimum Gasteiger partial charge on any atom is -1.00 e. The topological polar surface area (TPSA) is 9.23 Å². The van der Waals surface area contributed by atoms with Gasteiger partial charge in [-0.25, -0.2) is 0 Å². The molecule has 0 radical (unpaired) electrons. The molecule has 62 valence electrons. The number of halogens is 1. The molecule has 1 rings (SSSR count). The third-order valence-electron chi connectivity index (χ3n) is 1.04. The summed E-state index contributed by atoms with van der Waals surface area (Å²) >= 11 is 0. The quantitative estimate of drug-likeness (QED) is 0.470. The van der Waals surface area contributed by atoms with Crippen LogP contribution in [0, 0.1) is 6.07 Å². The van der Waals surface area contributed by atoms with Gasteiger partial charge in [-0.1, -0.05) is 0 Å². The first-order valence-electron chi connectivity index (χ1n) is 3.42. The monoisotopic (exact) mass is 238 g/mol. The van der Waals surface area contributed by atoms with E-state index in [4.69, 9.17) is 4.74 Å². The molecule has 0 spiro atoms. The fourth-order valence-corrected chi connectivity index (χ4v) is 0.704. The summed E-state index contributed by atoms with van der Waals surface area (Å²) in [5, 5.41) is 0. The summed E-state index contributed by atoms with van der Waals surface area (Å²) < 4.78 is 5.36. The van der Waals surface area contributed by atoms with Gasteiger partial charge in [-0.3, -0.25) is 0 Å². The predicted molar refractivity (Wildman–Crippen MR) is 46.8 cm³/mol. The van der Waals surface area contributed by atoms with Gasteiger partial charge >= 0.3 is 23.1 Å². The second kappa shape index (κ2) is 7.89. The minimum atomic E-state index is 0. The molecule has 3 heteroatoms. The van der Waals surface area contributed by atoms with Crippen LogP contribution in [0.4, 0.5) is 0 Å². The number of ether oxygens (including phenoxy) is 1. The van der Waals surface area contributed by atoms with Crippen LogP contribution in [0.3, 0.4) is 0 Å². The van der Waals surface area contributed by atoms with E-state index in [-0.39, 0.29) is 46.1 Å². The summed E-state index contributed by atoms with van der Waals surface area (Å²) in [6.45, 7) is 4.00. The van der Waals surface area contributed by atoms with Crippen LogP contribution in [0.2, 0.25) is 0 Å². The number of benzene rings is 1. The van der Waals surface area contributed by atoms with Crippen LogP contribution < -0.4 is 21.7 Å². The van der Waals surface area contributed by atoms with E-state index in [0.29, 0.717) is 0 Å². The van der Waals surface area contributed by atoms with Gasteiger partial charge in [0.1, 0.15) is 0 Å². The van der Waals surface area contributed by atoms with Crippen molar-refractivity contribution in [1.82, 2.24) is 0 Å². The normalized spacial score (nSPS) is 8.25. The third-order valence-corrected chi connectivity index (χ3v) is 1.04. The fourth-order valence-electron chi connectivity index (χ4n) is 0.704. The predicted octanol–water partition coefficient (Wildman–Crippen LogP) is -1.10. The van der Waals surface area contributed by atoms with Crippen LogP contribution in [-0.2, 0) is 0 Å². The van der Waals surface area contributed by atoms with E-state index in [2.05, 4.69) is 6.07 Å². The first kappa shape index (κ1) is 14.8. The molecule has 1 aromatic carbocycles. The van der Waals surface area contributed by atoms with Crippen molar-refractivity contribution in [3.05, 3.63) is 30.3 Å². The zero-order chi connectivity index (χ0) is 7.40. The van der Waals surface area contributed by atoms with Crippen molar-refractivity contribution in [2.24, 2.45) is 0 Å². The van der Waals surface area contributed by atoms with Crippen molar-refractivity contribution in [3.8, 4) is 5.75 Å². The molecule has 0 fully saturated rings. The van der Waals surface area contributed by atoms with Crippen molar-refractivity contribution in [2.75, 3.05) is 0 Å². The number of rotatable bonds is 2. The second-order valence-corrected chi connectivity index (χ2v) is 2.39. The van der Waals surface area contributed by atoms with Gasteiger partial charge in [0, 0.05) is 5.75 Å². The maximum Gasteiger partial charge on any atom is 2.00 e. The van der Waals surface area contributed by atoms with Gasteiger partial charge in [-0.15, -0.1) is 12.1 Å². The molecule has 0 aliphatic heterocycles. The Bertz CT molecular complexity index is 189. The van der Waals surface area contributed by atoms with Gasteiger partial charge in [-0.05, 0) is 13.8 Å². The molecule has 0 aliphatic carbocycles. The number of hydrogen-bond donors (Lipinski definition) is 0. The summed E-state index contributed by atoms with van der Waals surface area (Å²) in [4.78, 5) is 0. The van der Waals surface area contributed by atoms with Gasteiger partial charge in [0.05, 0.1) is 6.10 Å². The summed E-state index contributed by atoms with van der Waals surface area (Å²) in [5.74, 6) is 0.817. The Morgan fingerprint density at radius 1 is 1.33 bits per heavy atom. The molecule has 0 saturated carbocycles. The van der Waals surface area contributed by atoms with Gasteiger partial charge in [-0.2, -0.15) is 18.2 Å². The van der Waals surface area contributed by atoms with Crippen LogP contribution in [-0.4, -0.2) is 29.2 Å². The van der Waals surface area contributed by atoms with Gasteiger partial charge < -0.3 is 21.7 Å². The zero-order valence-corrected chi connectivity index (χ0v) is 10.4. The SMILES string of the molecule is CC(C)Oc1[c-]cccc1.[Br-].[Mg+2]. The first-order chi connectivity index (χ1) is 4.79. The Hall–Kier alpha value is 0.266. The van der Waals surface area contributed by atoms with Gasteiger partial charge in [0.25, 0.3) is 0 Å². The van der Waals surface area contributed by atoms with Crippen molar-refractivity contribution in [1.29, 1.82) is 0 Å². The van der Waals surface area contributed by atoms with E-state index in [1.165, 1.54) is 0 Å². The largest absolute Gasteiger partial charge is 2.00 e. The molecule has 1 aromatic rings. The van der Waals surface area contributed by atoms with Crippen LogP contribution in [0.5, 0.6) is 5.75 Å². The van der Waals surface area contributed by atoms with E-state index in [9.17, 15) is 0 Å². The summed E-state index contributed by atoms with van der Waals surface area (Å²) in [6.07, 6.45) is 0.235. The van der Waals surface area contributed by atoms with E-state index < -0.39 is 0 Å². The number of para-hydroxylation sites is 1. The van der Waals surface area contributed by atoms with Crippen molar-refractivity contribution in [2.45, 2.75) is 20.0 Å². The Morgan fingerprint density at radius 3 is 2.42 bits per heavy atom. The molecule has 0 unspecified atom stereocenters. The summed E-state index contributed by atoms with van der Waals surface area (Å²) in [7, 11) is 0. The third kappa shape index (κ3) is 5.86. The van der Waals surface area contributed by atoms with Crippen LogP contribution in [0.1, 0.15) is 13.8 Å². The van der Waals surface area contributed by atoms with Crippen molar-refractivity contribution in [3.63, 3.8) is 0 Å². The van der Waals surface area contributed by atoms with E-state index in [1.807, 2.05) is 38.1 Å². The molecule has 0 amide bonds. The Kier molecular flexibility index (Phi) is 9.72. The average Bonchev–Trinajstić information content (AvgIpc) is 1.88. The Balaban J connectivity index is 0. The molecule has 0 bridgehead atoms. The van der Waals surface area contributed by atoms with Crippen molar-refractivity contribution >= 4 is 23.1 Å². The maximum absolute atomic E-state index is 5.36. The molecule has 0 saturated heterocycles. The maximum atomic E-state index is 5.36. The van der Waals surface area contributed by atoms with Crippen molar-refractivity contribution < 1.29 is 21.7 Å². The van der Waals surface area contributed by atoms with E-state index in [1.54, 1.807) is 0 Å². The second-order valence-electron chi connectivity index (χ2n) is 2.39. The molecule has 0 atom stereocenters. The van der Waals surface area contributed by atoms with E-state index in [0.717, 1.165) is 5.75 Å². The van der Waals surface area contributed by atoms with Gasteiger partial charge in [0.15, 0.2) is 0 Å². The van der Waals surface area contributed by atoms with Crippen LogP contribution in [0.15, 0.2) is 24.3 Å². The van der Waals surface area contributed by atoms with E-state index >= 15 is 0 Å². The van der Waals surface area contributed by atoms with Gasteiger partial charge in [0.2, 0.25) is 0 Å². The summed E-state index contributed by atoms with van der Waals surface area (Å²) in [6, 6.07) is 10.6. The zero-order valence-electron chi connectivity index (χ0n) is 7.38. The molecule has 1 nitrogen and oxygen atoms in total. The fraction of sp³-hybridized carbons (Fsp3) is 0.333. The molecule has 12 heavy (non-hydrogen) atoms. The standard InChI is InChI=1S/C9H11O.BrH.Mg/c1-8(2)10-9-6-4-3-5-7-9;;/h3-6,8H,1-2H3;1H;/q-1;;+2/p-1. The smallest absolute Gasteiger partial charge is 1.00 e. The Labute approximate surface area is 100 Å². The Morgan fingerprint density at radius 2 is 2.00 bits per heavy atom. The average molecular weight is 239 g/mol. The van der Waals surface area contributed by atoms with Crippen LogP contribution in [0.25, 0.3) is 0 Å². The molecular formula is C9H11BrMgO. The first-order valence-corrected chi connectivity index (χ1v) is 3.42. The number of hydrogen-bond acceptors (Lipinski definition) is 1. The molecular weight excluding hydrogens is 228 g/mol. The molecule has 0 heterocycles. The molecule has 0 aliphatic rings. The minimum absolute atomic E-state index is 0.